The normalized spacial score (nSPS) is 10.1. The van der Waals surface area contributed by atoms with Crippen molar-refractivity contribution in [3.8, 4) is 5.75 Å². The molecule has 0 saturated heterocycles. The predicted octanol–water partition coefficient (Wildman–Crippen LogP) is 2.66. The minimum absolute atomic E-state index is 0.181. The standard InChI is InChI=1S/C14H14N2O2/c1-9-3-6-13(15-8-9)16-14(18)11-4-5-12(17)10(2)7-11/h3-8,17H,1-2H3,(H,15,16,18). The number of amides is 1. The zero-order chi connectivity index (χ0) is 13.1. The fourth-order valence-corrected chi connectivity index (χ4v) is 1.53. The van der Waals surface area contributed by atoms with Crippen molar-refractivity contribution in [2.75, 3.05) is 5.32 Å². The molecule has 0 bridgehead atoms. The van der Waals surface area contributed by atoms with Crippen LogP contribution in [0.15, 0.2) is 36.5 Å². The van der Waals surface area contributed by atoms with E-state index in [4.69, 9.17) is 0 Å². The summed E-state index contributed by atoms with van der Waals surface area (Å²) >= 11 is 0. The van der Waals surface area contributed by atoms with Gasteiger partial charge in [-0.1, -0.05) is 6.07 Å². The topological polar surface area (TPSA) is 62.2 Å². The number of benzene rings is 1. The van der Waals surface area contributed by atoms with Gasteiger partial charge in [-0.3, -0.25) is 4.79 Å². The summed E-state index contributed by atoms with van der Waals surface area (Å²) in [4.78, 5) is 16.0. The second-order valence-electron chi connectivity index (χ2n) is 4.18. The average Bonchev–Trinajstić information content (AvgIpc) is 2.35. The molecule has 0 unspecified atom stereocenters. The molecule has 2 rings (SSSR count). The molecule has 0 aliphatic carbocycles. The number of phenolic OH excluding ortho intramolecular Hbond substituents is 1. The number of hydrogen-bond donors (Lipinski definition) is 2. The van der Waals surface area contributed by atoms with Crippen LogP contribution >= 0.6 is 0 Å². The zero-order valence-corrected chi connectivity index (χ0v) is 10.3. The van der Waals surface area contributed by atoms with Crippen molar-refractivity contribution >= 4 is 11.7 Å². The van der Waals surface area contributed by atoms with Gasteiger partial charge >= 0.3 is 0 Å². The molecule has 1 aromatic carbocycles. The van der Waals surface area contributed by atoms with Gasteiger partial charge in [-0.15, -0.1) is 0 Å². The first-order valence-electron chi connectivity index (χ1n) is 5.60. The van der Waals surface area contributed by atoms with Crippen molar-refractivity contribution in [1.82, 2.24) is 4.98 Å². The summed E-state index contributed by atoms with van der Waals surface area (Å²) in [6, 6.07) is 8.35. The lowest BCUT2D eigenvalue weighted by molar-refractivity contribution is 0.102. The number of carbonyl (C=O) groups is 1. The zero-order valence-electron chi connectivity index (χ0n) is 10.3. The molecule has 92 valence electrons. The van der Waals surface area contributed by atoms with E-state index >= 15 is 0 Å². The van der Waals surface area contributed by atoms with E-state index in [2.05, 4.69) is 10.3 Å². The van der Waals surface area contributed by atoms with E-state index in [9.17, 15) is 9.90 Å². The van der Waals surface area contributed by atoms with E-state index in [1.54, 1.807) is 31.3 Å². The molecule has 1 aromatic heterocycles. The fraction of sp³-hybridized carbons (Fsp3) is 0.143. The first kappa shape index (κ1) is 12.1. The molecular formula is C14H14N2O2. The summed E-state index contributed by atoms with van der Waals surface area (Å²) in [5.74, 6) is 0.450. The number of anilines is 1. The predicted molar refractivity (Wildman–Crippen MR) is 69.8 cm³/mol. The van der Waals surface area contributed by atoms with Crippen LogP contribution in [-0.2, 0) is 0 Å². The maximum atomic E-state index is 11.9. The van der Waals surface area contributed by atoms with Gasteiger partial charge in [-0.2, -0.15) is 0 Å². The van der Waals surface area contributed by atoms with Crippen LogP contribution in [0.25, 0.3) is 0 Å². The Morgan fingerprint density at radius 3 is 2.61 bits per heavy atom. The summed E-state index contributed by atoms with van der Waals surface area (Å²) in [6.45, 7) is 3.68. The molecule has 2 N–H and O–H groups in total. The fourth-order valence-electron chi connectivity index (χ4n) is 1.53. The SMILES string of the molecule is Cc1ccc(NC(=O)c2ccc(O)c(C)c2)nc1. The third kappa shape index (κ3) is 2.66. The van der Waals surface area contributed by atoms with E-state index in [1.165, 1.54) is 6.07 Å². The van der Waals surface area contributed by atoms with Gasteiger partial charge in [0, 0.05) is 11.8 Å². The van der Waals surface area contributed by atoms with Crippen LogP contribution in [0.1, 0.15) is 21.5 Å². The van der Waals surface area contributed by atoms with Crippen molar-refractivity contribution in [1.29, 1.82) is 0 Å². The highest BCUT2D eigenvalue weighted by molar-refractivity contribution is 6.03. The number of carbonyl (C=O) groups excluding carboxylic acids is 1. The molecule has 4 heteroatoms. The van der Waals surface area contributed by atoms with Crippen LogP contribution in [0.4, 0.5) is 5.82 Å². The Labute approximate surface area is 105 Å². The molecular weight excluding hydrogens is 228 g/mol. The first-order chi connectivity index (χ1) is 8.56. The molecule has 2 aromatic rings. The van der Waals surface area contributed by atoms with Crippen molar-refractivity contribution in [3.63, 3.8) is 0 Å². The van der Waals surface area contributed by atoms with Gasteiger partial charge < -0.3 is 10.4 Å². The van der Waals surface area contributed by atoms with Crippen molar-refractivity contribution < 1.29 is 9.90 Å². The van der Waals surface area contributed by atoms with Crippen LogP contribution < -0.4 is 5.32 Å². The maximum absolute atomic E-state index is 11.9. The quantitative estimate of drug-likeness (QED) is 0.851. The van der Waals surface area contributed by atoms with E-state index in [1.807, 2.05) is 13.0 Å². The minimum atomic E-state index is -0.241. The maximum Gasteiger partial charge on any atom is 0.256 e. The van der Waals surface area contributed by atoms with Crippen LogP contribution in [0, 0.1) is 13.8 Å². The number of rotatable bonds is 2. The molecule has 0 fully saturated rings. The van der Waals surface area contributed by atoms with Crippen LogP contribution in [-0.4, -0.2) is 16.0 Å². The molecule has 0 saturated carbocycles. The molecule has 18 heavy (non-hydrogen) atoms. The number of nitrogens with zero attached hydrogens (tertiary/aromatic N) is 1. The van der Waals surface area contributed by atoms with E-state index in [0.29, 0.717) is 16.9 Å². The Balaban J connectivity index is 2.16. The van der Waals surface area contributed by atoms with Gasteiger partial charge in [0.15, 0.2) is 0 Å². The number of phenols is 1. The third-order valence-electron chi connectivity index (χ3n) is 2.61. The molecule has 4 nitrogen and oxygen atoms in total. The Morgan fingerprint density at radius 1 is 1.22 bits per heavy atom. The summed E-state index contributed by atoms with van der Waals surface area (Å²) in [7, 11) is 0. The highest BCUT2D eigenvalue weighted by Gasteiger charge is 2.08. The number of aryl methyl sites for hydroxylation is 2. The Hall–Kier alpha value is -2.36. The minimum Gasteiger partial charge on any atom is -0.508 e. The van der Waals surface area contributed by atoms with Gasteiger partial charge in [0.2, 0.25) is 0 Å². The summed E-state index contributed by atoms with van der Waals surface area (Å²) in [5, 5.41) is 12.1. The summed E-state index contributed by atoms with van der Waals surface area (Å²) < 4.78 is 0. The Bertz CT molecular complexity index is 577. The number of nitrogens with one attached hydrogen (secondary N) is 1. The van der Waals surface area contributed by atoms with Gasteiger partial charge in [-0.25, -0.2) is 4.98 Å². The van der Waals surface area contributed by atoms with E-state index in [-0.39, 0.29) is 11.7 Å². The number of pyridine rings is 1. The van der Waals surface area contributed by atoms with Gasteiger partial charge in [-0.05, 0) is 49.2 Å². The summed E-state index contributed by atoms with van der Waals surface area (Å²) in [5.41, 5.74) is 2.20. The lowest BCUT2D eigenvalue weighted by atomic mass is 10.1. The summed E-state index contributed by atoms with van der Waals surface area (Å²) in [6.07, 6.45) is 1.69. The van der Waals surface area contributed by atoms with Gasteiger partial charge in [0.05, 0.1) is 0 Å². The molecule has 0 atom stereocenters. The molecule has 1 amide bonds. The second kappa shape index (κ2) is 4.87. The third-order valence-corrected chi connectivity index (χ3v) is 2.61. The average molecular weight is 242 g/mol. The van der Waals surface area contributed by atoms with E-state index < -0.39 is 0 Å². The smallest absolute Gasteiger partial charge is 0.256 e. The Kier molecular flexibility index (Phi) is 3.28. The molecule has 0 aliphatic heterocycles. The van der Waals surface area contributed by atoms with Crippen LogP contribution in [0.2, 0.25) is 0 Å². The van der Waals surface area contributed by atoms with Crippen molar-refractivity contribution in [2.24, 2.45) is 0 Å². The first-order valence-corrected chi connectivity index (χ1v) is 5.60. The molecule has 0 spiro atoms. The lowest BCUT2D eigenvalue weighted by Crippen LogP contribution is -2.12. The molecule has 0 radical (unpaired) electrons. The highest BCUT2D eigenvalue weighted by atomic mass is 16.3. The lowest BCUT2D eigenvalue weighted by Gasteiger charge is -2.06. The van der Waals surface area contributed by atoms with Gasteiger partial charge in [0.1, 0.15) is 11.6 Å². The second-order valence-corrected chi connectivity index (χ2v) is 4.18. The van der Waals surface area contributed by atoms with Crippen LogP contribution in [0.5, 0.6) is 5.75 Å². The molecule has 1 heterocycles. The monoisotopic (exact) mass is 242 g/mol. The van der Waals surface area contributed by atoms with E-state index in [0.717, 1.165) is 5.56 Å². The number of aromatic nitrogens is 1. The van der Waals surface area contributed by atoms with Crippen molar-refractivity contribution in [2.45, 2.75) is 13.8 Å². The van der Waals surface area contributed by atoms with Crippen molar-refractivity contribution in [3.05, 3.63) is 53.2 Å². The number of aromatic hydroxyl groups is 1. The van der Waals surface area contributed by atoms with Crippen LogP contribution in [0.3, 0.4) is 0 Å². The molecule has 0 aliphatic rings. The van der Waals surface area contributed by atoms with Gasteiger partial charge in [0.25, 0.3) is 5.91 Å². The Morgan fingerprint density at radius 2 is 2.00 bits per heavy atom. The largest absolute Gasteiger partial charge is 0.508 e. The number of hydrogen-bond acceptors (Lipinski definition) is 3. The highest BCUT2D eigenvalue weighted by Crippen LogP contribution is 2.17.